The topological polar surface area (TPSA) is 103 Å². The summed E-state index contributed by atoms with van der Waals surface area (Å²) in [5.41, 5.74) is 1.03. The lowest BCUT2D eigenvalue weighted by Crippen LogP contribution is -2.37. The SMILES string of the molecule is COc1ccc(CCNC(=O)CNS(=O)(=O)c2ccc(OC)c(OC)c2)cc1. The molecule has 0 aliphatic carbocycles. The third-order valence-corrected chi connectivity index (χ3v) is 5.38. The largest absolute Gasteiger partial charge is 0.497 e. The van der Waals surface area contributed by atoms with E-state index in [-0.39, 0.29) is 17.2 Å². The molecule has 0 atom stereocenters. The molecule has 0 bridgehead atoms. The molecule has 0 fully saturated rings. The summed E-state index contributed by atoms with van der Waals surface area (Å²) in [7, 11) is 0.611. The Labute approximate surface area is 164 Å². The third-order valence-electron chi connectivity index (χ3n) is 3.98. The second-order valence-corrected chi connectivity index (χ2v) is 7.56. The van der Waals surface area contributed by atoms with E-state index in [1.807, 2.05) is 24.3 Å². The van der Waals surface area contributed by atoms with Crippen molar-refractivity contribution in [3.8, 4) is 17.2 Å². The van der Waals surface area contributed by atoms with Crippen molar-refractivity contribution in [2.24, 2.45) is 0 Å². The molecule has 1 amide bonds. The molecule has 0 radical (unpaired) electrons. The predicted octanol–water partition coefficient (Wildman–Crippen LogP) is 1.35. The van der Waals surface area contributed by atoms with Crippen LogP contribution in [-0.2, 0) is 21.2 Å². The van der Waals surface area contributed by atoms with E-state index in [0.717, 1.165) is 11.3 Å². The third kappa shape index (κ3) is 5.86. The second kappa shape index (κ2) is 9.95. The Kier molecular flexibility index (Phi) is 7.65. The molecule has 152 valence electrons. The van der Waals surface area contributed by atoms with Gasteiger partial charge in [0.25, 0.3) is 0 Å². The van der Waals surface area contributed by atoms with Crippen molar-refractivity contribution in [1.29, 1.82) is 0 Å². The lowest BCUT2D eigenvalue weighted by molar-refractivity contribution is -0.119. The van der Waals surface area contributed by atoms with Crippen molar-refractivity contribution in [3.05, 3.63) is 48.0 Å². The first-order chi connectivity index (χ1) is 13.4. The molecule has 0 aliphatic heterocycles. The maximum absolute atomic E-state index is 12.4. The molecular weight excluding hydrogens is 384 g/mol. The normalized spacial score (nSPS) is 11.0. The summed E-state index contributed by atoms with van der Waals surface area (Å²) in [6.45, 7) is 0.0303. The molecule has 28 heavy (non-hydrogen) atoms. The number of amides is 1. The Balaban J connectivity index is 1.85. The summed E-state index contributed by atoms with van der Waals surface area (Å²) in [5.74, 6) is 1.04. The smallest absolute Gasteiger partial charge is 0.241 e. The van der Waals surface area contributed by atoms with Crippen LogP contribution < -0.4 is 24.2 Å². The van der Waals surface area contributed by atoms with Gasteiger partial charge in [-0.05, 0) is 36.2 Å². The summed E-state index contributed by atoms with van der Waals surface area (Å²) >= 11 is 0. The number of hydrogen-bond donors (Lipinski definition) is 2. The first-order valence-corrected chi connectivity index (χ1v) is 9.99. The van der Waals surface area contributed by atoms with Crippen LogP contribution >= 0.6 is 0 Å². The van der Waals surface area contributed by atoms with Crippen LogP contribution in [0.5, 0.6) is 17.2 Å². The number of nitrogens with one attached hydrogen (secondary N) is 2. The molecule has 2 aromatic rings. The lowest BCUT2D eigenvalue weighted by Gasteiger charge is -2.11. The van der Waals surface area contributed by atoms with E-state index >= 15 is 0 Å². The molecule has 0 aliphatic rings. The summed E-state index contributed by atoms with van der Waals surface area (Å²) < 4.78 is 42.3. The number of methoxy groups -OCH3 is 3. The predicted molar refractivity (Wildman–Crippen MR) is 104 cm³/mol. The number of ether oxygens (including phenoxy) is 3. The Morgan fingerprint density at radius 2 is 1.61 bits per heavy atom. The van der Waals surface area contributed by atoms with Crippen molar-refractivity contribution in [3.63, 3.8) is 0 Å². The Bertz CT molecular complexity index is 897. The molecule has 2 N–H and O–H groups in total. The van der Waals surface area contributed by atoms with E-state index in [4.69, 9.17) is 14.2 Å². The molecule has 0 saturated carbocycles. The summed E-state index contributed by atoms with van der Waals surface area (Å²) in [6.07, 6.45) is 0.623. The number of sulfonamides is 1. The minimum Gasteiger partial charge on any atom is -0.497 e. The van der Waals surface area contributed by atoms with Crippen molar-refractivity contribution in [1.82, 2.24) is 10.0 Å². The zero-order valence-electron chi connectivity index (χ0n) is 16.0. The Morgan fingerprint density at radius 3 is 2.21 bits per heavy atom. The van der Waals surface area contributed by atoms with Crippen LogP contribution in [0.15, 0.2) is 47.4 Å². The fraction of sp³-hybridized carbons (Fsp3) is 0.316. The monoisotopic (exact) mass is 408 g/mol. The van der Waals surface area contributed by atoms with Gasteiger partial charge in [-0.1, -0.05) is 12.1 Å². The molecule has 2 rings (SSSR count). The molecule has 0 saturated heterocycles. The maximum atomic E-state index is 12.4. The van der Waals surface area contributed by atoms with E-state index in [2.05, 4.69) is 10.0 Å². The Hall–Kier alpha value is -2.78. The summed E-state index contributed by atoms with van der Waals surface area (Å²) in [6, 6.07) is 11.7. The Morgan fingerprint density at radius 1 is 0.929 bits per heavy atom. The lowest BCUT2D eigenvalue weighted by atomic mass is 10.1. The van der Waals surface area contributed by atoms with Gasteiger partial charge in [0.2, 0.25) is 15.9 Å². The van der Waals surface area contributed by atoms with Crippen LogP contribution in [0.2, 0.25) is 0 Å². The molecule has 0 aromatic heterocycles. The molecule has 2 aromatic carbocycles. The van der Waals surface area contributed by atoms with Crippen molar-refractivity contribution >= 4 is 15.9 Å². The van der Waals surface area contributed by atoms with Crippen LogP contribution in [0.4, 0.5) is 0 Å². The fourth-order valence-corrected chi connectivity index (χ4v) is 3.43. The fourth-order valence-electron chi connectivity index (χ4n) is 2.43. The average molecular weight is 408 g/mol. The number of carbonyl (C=O) groups is 1. The standard InChI is InChI=1S/C19H24N2O6S/c1-25-15-6-4-14(5-7-15)10-11-20-19(22)13-21-28(23,24)16-8-9-17(26-2)18(12-16)27-3/h4-9,12,21H,10-11,13H2,1-3H3,(H,20,22). The highest BCUT2D eigenvalue weighted by Gasteiger charge is 2.18. The maximum Gasteiger partial charge on any atom is 0.241 e. The highest BCUT2D eigenvalue weighted by molar-refractivity contribution is 7.89. The van der Waals surface area contributed by atoms with Gasteiger partial charge in [0.05, 0.1) is 32.8 Å². The van der Waals surface area contributed by atoms with Gasteiger partial charge >= 0.3 is 0 Å². The van der Waals surface area contributed by atoms with Gasteiger partial charge in [-0.15, -0.1) is 0 Å². The number of carbonyl (C=O) groups excluding carboxylic acids is 1. The van der Waals surface area contributed by atoms with E-state index < -0.39 is 15.9 Å². The first kappa shape index (κ1) is 21.5. The van der Waals surface area contributed by atoms with Crippen LogP contribution in [-0.4, -0.2) is 48.7 Å². The molecular formula is C19H24N2O6S. The zero-order valence-corrected chi connectivity index (χ0v) is 16.8. The van der Waals surface area contributed by atoms with Crippen LogP contribution in [0, 0.1) is 0 Å². The van der Waals surface area contributed by atoms with Gasteiger partial charge in [0.1, 0.15) is 5.75 Å². The first-order valence-electron chi connectivity index (χ1n) is 8.51. The molecule has 0 spiro atoms. The minimum atomic E-state index is -3.86. The van der Waals surface area contributed by atoms with E-state index in [9.17, 15) is 13.2 Å². The van der Waals surface area contributed by atoms with Crippen LogP contribution in [0.25, 0.3) is 0 Å². The van der Waals surface area contributed by atoms with Gasteiger partial charge < -0.3 is 19.5 Å². The summed E-state index contributed by atoms with van der Waals surface area (Å²) in [4.78, 5) is 11.9. The van der Waals surface area contributed by atoms with Gasteiger partial charge in [-0.2, -0.15) is 0 Å². The van der Waals surface area contributed by atoms with Crippen molar-refractivity contribution in [2.75, 3.05) is 34.4 Å². The number of benzene rings is 2. The molecule has 0 heterocycles. The van der Waals surface area contributed by atoms with Gasteiger partial charge in [0, 0.05) is 12.6 Å². The molecule has 0 unspecified atom stereocenters. The molecule has 9 heteroatoms. The van der Waals surface area contributed by atoms with E-state index in [1.54, 1.807) is 7.11 Å². The average Bonchev–Trinajstić information content (AvgIpc) is 2.72. The van der Waals surface area contributed by atoms with Crippen LogP contribution in [0.1, 0.15) is 5.56 Å². The quantitative estimate of drug-likeness (QED) is 0.615. The van der Waals surface area contributed by atoms with Crippen molar-refractivity contribution < 1.29 is 27.4 Å². The van der Waals surface area contributed by atoms with E-state index in [1.165, 1.54) is 32.4 Å². The second-order valence-electron chi connectivity index (χ2n) is 5.79. The zero-order chi connectivity index (χ0) is 20.6. The van der Waals surface area contributed by atoms with Gasteiger partial charge in [-0.3, -0.25) is 4.79 Å². The molecule has 8 nitrogen and oxygen atoms in total. The van der Waals surface area contributed by atoms with Gasteiger partial charge in [0.15, 0.2) is 11.5 Å². The van der Waals surface area contributed by atoms with E-state index in [0.29, 0.717) is 18.7 Å². The van der Waals surface area contributed by atoms with Gasteiger partial charge in [-0.25, -0.2) is 13.1 Å². The minimum absolute atomic E-state index is 0.0174. The summed E-state index contributed by atoms with van der Waals surface area (Å²) in [5, 5.41) is 2.68. The number of hydrogen-bond acceptors (Lipinski definition) is 6. The van der Waals surface area contributed by atoms with Crippen LogP contribution in [0.3, 0.4) is 0 Å². The highest BCUT2D eigenvalue weighted by Crippen LogP contribution is 2.29. The van der Waals surface area contributed by atoms with Crippen molar-refractivity contribution in [2.45, 2.75) is 11.3 Å². The highest BCUT2D eigenvalue weighted by atomic mass is 32.2. The number of rotatable bonds is 10.